The first-order valence-electron chi connectivity index (χ1n) is 11.3. The Bertz CT molecular complexity index is 1370. The van der Waals surface area contributed by atoms with Gasteiger partial charge < -0.3 is 4.90 Å². The predicted molar refractivity (Wildman–Crippen MR) is 119 cm³/mol. The van der Waals surface area contributed by atoms with Gasteiger partial charge in [0.25, 0.3) is 0 Å². The summed E-state index contributed by atoms with van der Waals surface area (Å²) in [4.78, 5) is 10.8. The minimum Gasteiger partial charge on any atom is -0.360 e. The van der Waals surface area contributed by atoms with Crippen LogP contribution in [0.4, 0.5) is 18.9 Å². The van der Waals surface area contributed by atoms with Crippen molar-refractivity contribution in [3.8, 4) is 0 Å². The van der Waals surface area contributed by atoms with Crippen LogP contribution in [0.2, 0.25) is 0 Å². The molecule has 3 saturated carbocycles. The van der Waals surface area contributed by atoms with Crippen molar-refractivity contribution in [2.24, 2.45) is 11.3 Å². The molecule has 1 aromatic carbocycles. The second-order valence-corrected chi connectivity index (χ2v) is 11.8. The van der Waals surface area contributed by atoms with E-state index in [1.54, 1.807) is 18.5 Å². The lowest BCUT2D eigenvalue weighted by Crippen LogP contribution is -2.66. The SMILES string of the molecule is Cc1cccc2c1CN(S(=O)(=O)C(F)(F)F)C[C@H](C13CC(C1)C3)N2Cc1cnc2ncccn12. The summed E-state index contributed by atoms with van der Waals surface area (Å²) >= 11 is 0. The fraction of sp³-hybridized carbons (Fsp3) is 0.478. The average molecular weight is 492 g/mol. The van der Waals surface area contributed by atoms with Gasteiger partial charge in [-0.25, -0.2) is 18.4 Å². The molecule has 11 heteroatoms. The third kappa shape index (κ3) is 3.09. The summed E-state index contributed by atoms with van der Waals surface area (Å²) in [5.74, 6) is 1.13. The zero-order valence-electron chi connectivity index (χ0n) is 18.5. The highest BCUT2D eigenvalue weighted by Gasteiger charge is 2.63. The van der Waals surface area contributed by atoms with Crippen LogP contribution in [-0.4, -0.2) is 45.2 Å². The number of nitrogens with zero attached hydrogens (tertiary/aromatic N) is 5. The van der Waals surface area contributed by atoms with Gasteiger partial charge >= 0.3 is 15.5 Å². The number of aryl methyl sites for hydroxylation is 1. The minimum absolute atomic E-state index is 0.172. The maximum absolute atomic E-state index is 13.7. The number of benzene rings is 1. The Hall–Kier alpha value is -2.66. The number of imidazole rings is 1. The van der Waals surface area contributed by atoms with E-state index < -0.39 is 15.5 Å². The topological polar surface area (TPSA) is 70.8 Å². The third-order valence-corrected chi connectivity index (χ3v) is 9.45. The molecule has 3 aromatic rings. The van der Waals surface area contributed by atoms with E-state index in [9.17, 15) is 21.6 Å². The van der Waals surface area contributed by atoms with E-state index in [0.29, 0.717) is 28.1 Å². The number of hydrogen-bond acceptors (Lipinski definition) is 5. The molecule has 3 fully saturated rings. The molecule has 0 unspecified atom stereocenters. The molecule has 0 N–H and O–H groups in total. The number of alkyl halides is 3. The number of hydrogen-bond donors (Lipinski definition) is 0. The van der Waals surface area contributed by atoms with Gasteiger partial charge in [-0.3, -0.25) is 4.40 Å². The molecule has 0 spiro atoms. The van der Waals surface area contributed by atoms with Crippen molar-refractivity contribution in [3.63, 3.8) is 0 Å². The van der Waals surface area contributed by atoms with Gasteiger partial charge in [0.1, 0.15) is 0 Å². The largest absolute Gasteiger partial charge is 0.511 e. The molecule has 3 aliphatic carbocycles. The number of fused-ring (bicyclic) bond motifs is 2. The molecule has 7 rings (SSSR count). The molecule has 1 aliphatic heterocycles. The molecular formula is C23H24F3N5O2S. The molecule has 34 heavy (non-hydrogen) atoms. The smallest absolute Gasteiger partial charge is 0.360 e. The molecule has 2 bridgehead atoms. The van der Waals surface area contributed by atoms with Crippen molar-refractivity contribution in [3.05, 3.63) is 59.7 Å². The average Bonchev–Trinajstić information content (AvgIpc) is 3.04. The molecule has 0 radical (unpaired) electrons. The summed E-state index contributed by atoms with van der Waals surface area (Å²) in [5.41, 5.74) is -2.51. The Balaban J connectivity index is 1.50. The fourth-order valence-corrected chi connectivity index (χ4v) is 6.96. The molecule has 4 aliphatic rings. The molecule has 3 heterocycles. The van der Waals surface area contributed by atoms with Crippen LogP contribution < -0.4 is 4.90 Å². The van der Waals surface area contributed by atoms with Crippen LogP contribution in [0.15, 0.2) is 42.9 Å². The normalized spacial score (nSPS) is 27.1. The van der Waals surface area contributed by atoms with Crippen LogP contribution in [0, 0.1) is 18.3 Å². The highest BCUT2D eigenvalue weighted by Crippen LogP contribution is 2.67. The lowest BCUT2D eigenvalue weighted by atomic mass is 9.41. The summed E-state index contributed by atoms with van der Waals surface area (Å²) in [6.07, 6.45) is 8.00. The fourth-order valence-electron chi connectivity index (χ4n) is 6.03. The van der Waals surface area contributed by atoms with Crippen LogP contribution in [0.1, 0.15) is 36.1 Å². The van der Waals surface area contributed by atoms with Gasteiger partial charge in [-0.15, -0.1) is 0 Å². The highest BCUT2D eigenvalue weighted by atomic mass is 32.2. The predicted octanol–water partition coefficient (Wildman–Crippen LogP) is 3.88. The molecule has 0 amide bonds. The molecule has 180 valence electrons. The molecular weight excluding hydrogens is 467 g/mol. The van der Waals surface area contributed by atoms with Gasteiger partial charge in [-0.1, -0.05) is 12.1 Å². The molecule has 2 aromatic heterocycles. The lowest BCUT2D eigenvalue weighted by Gasteiger charge is -2.67. The first-order chi connectivity index (χ1) is 16.1. The minimum atomic E-state index is -5.48. The van der Waals surface area contributed by atoms with E-state index in [4.69, 9.17) is 0 Å². The van der Waals surface area contributed by atoms with E-state index in [1.807, 2.05) is 35.7 Å². The van der Waals surface area contributed by atoms with Gasteiger partial charge in [0.15, 0.2) is 0 Å². The Morgan fingerprint density at radius 2 is 1.91 bits per heavy atom. The molecule has 0 saturated heterocycles. The quantitative estimate of drug-likeness (QED) is 0.554. The van der Waals surface area contributed by atoms with Gasteiger partial charge in [0.2, 0.25) is 5.78 Å². The standard InChI is InChI=1S/C23H24F3N5O2S/c1-15-4-2-5-19-18(15)13-29(34(32,33)23(24,25)26)14-20(22-8-16(9-22)10-22)31(19)12-17-11-28-21-27-6-3-7-30(17)21/h2-7,11,16,20H,8-10,12-14H2,1H3/t16?,20-,22?/m1/s1. The van der Waals surface area contributed by atoms with Crippen molar-refractivity contribution in [1.82, 2.24) is 18.7 Å². The van der Waals surface area contributed by atoms with Gasteiger partial charge in [-0.05, 0) is 60.8 Å². The summed E-state index contributed by atoms with van der Waals surface area (Å²) in [6, 6.07) is 7.01. The molecule has 1 atom stereocenters. The van der Waals surface area contributed by atoms with Crippen LogP contribution in [0.5, 0.6) is 0 Å². The lowest BCUT2D eigenvalue weighted by molar-refractivity contribution is -0.129. The zero-order valence-corrected chi connectivity index (χ0v) is 19.3. The van der Waals surface area contributed by atoms with Crippen LogP contribution in [-0.2, 0) is 23.1 Å². The van der Waals surface area contributed by atoms with Gasteiger partial charge in [0.05, 0.1) is 18.4 Å². The number of aromatic nitrogens is 3. The second-order valence-electron chi connectivity index (χ2n) is 9.84. The van der Waals surface area contributed by atoms with Crippen LogP contribution in [0.25, 0.3) is 5.78 Å². The van der Waals surface area contributed by atoms with E-state index in [1.165, 1.54) is 0 Å². The Kier molecular flexibility index (Phi) is 4.61. The van der Waals surface area contributed by atoms with Gasteiger partial charge in [-0.2, -0.15) is 17.5 Å². The molecule has 7 nitrogen and oxygen atoms in total. The van der Waals surface area contributed by atoms with Crippen molar-refractivity contribution >= 4 is 21.5 Å². The van der Waals surface area contributed by atoms with E-state index in [0.717, 1.165) is 36.2 Å². The number of rotatable bonds is 4. The summed E-state index contributed by atoms with van der Waals surface area (Å²) < 4.78 is 68.8. The summed E-state index contributed by atoms with van der Waals surface area (Å²) in [7, 11) is -5.48. The van der Waals surface area contributed by atoms with E-state index >= 15 is 0 Å². The first-order valence-corrected chi connectivity index (χ1v) is 12.7. The van der Waals surface area contributed by atoms with E-state index in [-0.39, 0.29) is 24.5 Å². The maximum atomic E-state index is 13.7. The summed E-state index contributed by atoms with van der Waals surface area (Å²) in [6.45, 7) is 1.71. The maximum Gasteiger partial charge on any atom is 0.511 e. The second kappa shape index (κ2) is 7.17. The first kappa shape index (κ1) is 21.8. The van der Waals surface area contributed by atoms with Crippen molar-refractivity contribution in [2.45, 2.75) is 50.8 Å². The number of anilines is 1. The Morgan fingerprint density at radius 3 is 2.59 bits per heavy atom. The van der Waals surface area contributed by atoms with E-state index in [2.05, 4.69) is 14.9 Å². The van der Waals surface area contributed by atoms with Crippen molar-refractivity contribution in [2.75, 3.05) is 11.4 Å². The van der Waals surface area contributed by atoms with Crippen molar-refractivity contribution in [1.29, 1.82) is 0 Å². The number of halogens is 3. The zero-order chi connectivity index (χ0) is 23.9. The monoisotopic (exact) mass is 491 g/mol. The Morgan fingerprint density at radius 1 is 1.15 bits per heavy atom. The highest BCUT2D eigenvalue weighted by molar-refractivity contribution is 7.89. The van der Waals surface area contributed by atoms with Crippen molar-refractivity contribution < 1.29 is 21.6 Å². The van der Waals surface area contributed by atoms with Crippen LogP contribution >= 0.6 is 0 Å². The third-order valence-electron chi connectivity index (χ3n) is 7.90. The van der Waals surface area contributed by atoms with Crippen LogP contribution in [0.3, 0.4) is 0 Å². The Labute approximate surface area is 195 Å². The van der Waals surface area contributed by atoms with Gasteiger partial charge in [0, 0.05) is 37.2 Å². The number of sulfonamides is 1. The summed E-state index contributed by atoms with van der Waals surface area (Å²) in [5, 5.41) is 0.